The zero-order chi connectivity index (χ0) is 8.55. The molecular weight excluding hydrogens is 156 g/mol. The van der Waals surface area contributed by atoms with E-state index >= 15 is 0 Å². The lowest BCUT2D eigenvalue weighted by atomic mass is 9.95. The van der Waals surface area contributed by atoms with E-state index < -0.39 is 0 Å². The third-order valence-electron chi connectivity index (χ3n) is 2.30. The lowest BCUT2D eigenvalue weighted by Gasteiger charge is -2.13. The van der Waals surface area contributed by atoms with Crippen molar-refractivity contribution >= 4 is 11.6 Å². The number of hydrogen-bond acceptors (Lipinski definition) is 3. The molecule has 2 aliphatic rings. The smallest absolute Gasteiger partial charge is 0.228 e. The number of carbonyl (C=O) groups excluding carboxylic acids is 1. The van der Waals surface area contributed by atoms with Gasteiger partial charge in [0, 0.05) is 11.3 Å². The largest absolute Gasteiger partial charge is 0.411 e. The highest BCUT2D eigenvalue weighted by Crippen LogP contribution is 2.27. The molecule has 0 bridgehead atoms. The Hall–Kier alpha value is -1.32. The van der Waals surface area contributed by atoms with Crippen LogP contribution in [-0.2, 0) is 4.79 Å². The molecule has 1 amide bonds. The Morgan fingerprint density at radius 3 is 3.00 bits per heavy atom. The van der Waals surface area contributed by atoms with Crippen LogP contribution in [0.3, 0.4) is 0 Å². The van der Waals surface area contributed by atoms with E-state index in [-0.39, 0.29) is 5.91 Å². The average molecular weight is 166 g/mol. The summed E-state index contributed by atoms with van der Waals surface area (Å²) in [5.41, 5.74) is 2.54. The Kier molecular flexibility index (Phi) is 1.60. The summed E-state index contributed by atoms with van der Waals surface area (Å²) in [5, 5.41) is 14.6. The van der Waals surface area contributed by atoms with Crippen LogP contribution in [0.15, 0.2) is 16.4 Å². The van der Waals surface area contributed by atoms with Gasteiger partial charge >= 0.3 is 0 Å². The molecule has 1 aliphatic carbocycles. The fraction of sp³-hybridized carbons (Fsp3) is 0.500. The second-order valence-corrected chi connectivity index (χ2v) is 3.08. The van der Waals surface area contributed by atoms with Crippen LogP contribution in [0.1, 0.15) is 25.7 Å². The number of rotatable bonds is 0. The van der Waals surface area contributed by atoms with E-state index in [4.69, 9.17) is 5.21 Å². The Morgan fingerprint density at radius 1 is 1.42 bits per heavy atom. The molecule has 2 rings (SSSR count). The van der Waals surface area contributed by atoms with E-state index in [2.05, 4.69) is 10.5 Å². The second kappa shape index (κ2) is 2.62. The number of nitrogens with zero attached hydrogens (tertiary/aromatic N) is 1. The van der Waals surface area contributed by atoms with Crippen LogP contribution in [0.5, 0.6) is 0 Å². The van der Waals surface area contributed by atoms with Crippen LogP contribution in [0, 0.1) is 0 Å². The average Bonchev–Trinajstić information content (AvgIpc) is 2.44. The van der Waals surface area contributed by atoms with Gasteiger partial charge < -0.3 is 10.5 Å². The summed E-state index contributed by atoms with van der Waals surface area (Å²) in [6.45, 7) is 0. The van der Waals surface area contributed by atoms with Gasteiger partial charge in [0.15, 0.2) is 0 Å². The number of hydrogen-bond donors (Lipinski definition) is 2. The molecule has 0 unspecified atom stereocenters. The molecule has 4 heteroatoms. The number of allylic oxidation sites excluding steroid dienone is 1. The van der Waals surface area contributed by atoms with Crippen molar-refractivity contribution in [1.82, 2.24) is 5.32 Å². The molecule has 2 N–H and O–H groups in total. The highest BCUT2D eigenvalue weighted by Gasteiger charge is 2.27. The van der Waals surface area contributed by atoms with Crippen LogP contribution < -0.4 is 5.32 Å². The predicted molar refractivity (Wildman–Crippen MR) is 42.9 cm³/mol. The molecule has 4 nitrogen and oxygen atoms in total. The molecule has 1 heterocycles. The molecule has 0 radical (unpaired) electrons. The van der Waals surface area contributed by atoms with Crippen molar-refractivity contribution in [2.75, 3.05) is 0 Å². The standard InChI is InChI=1S/C8H10N2O2/c11-8-4-5-6(9-8)2-1-3-7(5)10-12/h12H,1-4H2,(H,9,11). The van der Waals surface area contributed by atoms with Gasteiger partial charge in [-0.3, -0.25) is 4.79 Å². The third kappa shape index (κ3) is 0.995. The number of nitrogens with one attached hydrogen (secondary N) is 1. The molecule has 0 aromatic heterocycles. The molecule has 0 saturated heterocycles. The third-order valence-corrected chi connectivity index (χ3v) is 2.30. The normalized spacial score (nSPS) is 26.0. The van der Waals surface area contributed by atoms with Crippen molar-refractivity contribution in [2.24, 2.45) is 5.16 Å². The van der Waals surface area contributed by atoms with Crippen LogP contribution >= 0.6 is 0 Å². The maximum atomic E-state index is 11.0. The zero-order valence-corrected chi connectivity index (χ0v) is 6.63. The van der Waals surface area contributed by atoms with Gasteiger partial charge in [0.05, 0.1) is 12.1 Å². The number of carbonyl (C=O) groups is 1. The summed E-state index contributed by atoms with van der Waals surface area (Å²) in [6, 6.07) is 0. The quantitative estimate of drug-likeness (QED) is 0.412. The first-order valence-corrected chi connectivity index (χ1v) is 4.04. The Bertz CT molecular complexity index is 291. The molecule has 1 aliphatic heterocycles. The minimum absolute atomic E-state index is 0.0167. The fourth-order valence-corrected chi connectivity index (χ4v) is 1.74. The van der Waals surface area contributed by atoms with Crippen LogP contribution in [-0.4, -0.2) is 16.8 Å². The van der Waals surface area contributed by atoms with Gasteiger partial charge in [0.2, 0.25) is 5.91 Å². The summed E-state index contributed by atoms with van der Waals surface area (Å²) in [5.74, 6) is 0.0167. The van der Waals surface area contributed by atoms with E-state index in [1.54, 1.807) is 0 Å². The van der Waals surface area contributed by atoms with Crippen molar-refractivity contribution in [3.05, 3.63) is 11.3 Å². The summed E-state index contributed by atoms with van der Waals surface area (Å²) in [6.07, 6.45) is 3.03. The lowest BCUT2D eigenvalue weighted by molar-refractivity contribution is -0.118. The highest BCUT2D eigenvalue weighted by molar-refractivity contribution is 6.07. The molecule has 64 valence electrons. The summed E-state index contributed by atoms with van der Waals surface area (Å²) in [4.78, 5) is 11.0. The monoisotopic (exact) mass is 166 g/mol. The van der Waals surface area contributed by atoms with Crippen molar-refractivity contribution in [2.45, 2.75) is 25.7 Å². The topological polar surface area (TPSA) is 61.7 Å². The Labute approximate surface area is 69.9 Å². The molecule has 0 fully saturated rings. The minimum Gasteiger partial charge on any atom is -0.411 e. The fourth-order valence-electron chi connectivity index (χ4n) is 1.74. The van der Waals surface area contributed by atoms with E-state index in [1.807, 2.05) is 0 Å². The van der Waals surface area contributed by atoms with E-state index in [0.717, 1.165) is 30.5 Å². The molecule has 0 atom stereocenters. The lowest BCUT2D eigenvalue weighted by Crippen LogP contribution is -2.16. The van der Waals surface area contributed by atoms with E-state index in [0.29, 0.717) is 12.1 Å². The maximum Gasteiger partial charge on any atom is 0.228 e. The molecule has 0 spiro atoms. The van der Waals surface area contributed by atoms with Gasteiger partial charge in [0.25, 0.3) is 0 Å². The van der Waals surface area contributed by atoms with Crippen molar-refractivity contribution in [3.63, 3.8) is 0 Å². The van der Waals surface area contributed by atoms with Gasteiger partial charge in [0.1, 0.15) is 0 Å². The Morgan fingerprint density at radius 2 is 2.25 bits per heavy atom. The number of oxime groups is 1. The SMILES string of the molecule is O=C1CC2=C(CCCC2=NO)N1. The van der Waals surface area contributed by atoms with Crippen LogP contribution in [0.2, 0.25) is 0 Å². The second-order valence-electron chi connectivity index (χ2n) is 3.08. The molecule has 0 saturated carbocycles. The van der Waals surface area contributed by atoms with E-state index in [1.165, 1.54) is 0 Å². The van der Waals surface area contributed by atoms with Gasteiger partial charge in [-0.05, 0) is 19.3 Å². The predicted octanol–water partition coefficient (Wildman–Crippen LogP) is 0.774. The van der Waals surface area contributed by atoms with Gasteiger partial charge in [-0.25, -0.2) is 0 Å². The first-order chi connectivity index (χ1) is 5.81. The van der Waals surface area contributed by atoms with Gasteiger partial charge in [-0.2, -0.15) is 0 Å². The Balaban J connectivity index is 2.34. The van der Waals surface area contributed by atoms with Crippen molar-refractivity contribution < 1.29 is 10.0 Å². The minimum atomic E-state index is 0.0167. The molecule has 0 aromatic carbocycles. The summed E-state index contributed by atoms with van der Waals surface area (Å²) < 4.78 is 0. The van der Waals surface area contributed by atoms with Gasteiger partial charge in [-0.1, -0.05) is 5.16 Å². The first-order valence-electron chi connectivity index (χ1n) is 4.04. The van der Waals surface area contributed by atoms with Crippen LogP contribution in [0.25, 0.3) is 0 Å². The molecule has 0 aromatic rings. The zero-order valence-electron chi connectivity index (χ0n) is 6.63. The van der Waals surface area contributed by atoms with Gasteiger partial charge in [-0.15, -0.1) is 0 Å². The van der Waals surface area contributed by atoms with Crippen LogP contribution in [0.4, 0.5) is 0 Å². The van der Waals surface area contributed by atoms with E-state index in [9.17, 15) is 4.79 Å². The highest BCUT2D eigenvalue weighted by atomic mass is 16.4. The van der Waals surface area contributed by atoms with Crippen molar-refractivity contribution in [3.8, 4) is 0 Å². The first kappa shape index (κ1) is 7.34. The number of amides is 1. The summed E-state index contributed by atoms with van der Waals surface area (Å²) in [7, 11) is 0. The maximum absolute atomic E-state index is 11.0. The summed E-state index contributed by atoms with van der Waals surface area (Å²) >= 11 is 0. The molecular formula is C8H10N2O2. The van der Waals surface area contributed by atoms with Crippen molar-refractivity contribution in [1.29, 1.82) is 0 Å². The molecule has 12 heavy (non-hydrogen) atoms.